The van der Waals surface area contributed by atoms with Gasteiger partial charge in [-0.1, -0.05) is 6.07 Å². The van der Waals surface area contributed by atoms with Crippen molar-refractivity contribution < 1.29 is 23.5 Å². The Hall–Kier alpha value is -2.62. The highest BCUT2D eigenvalue weighted by atomic mass is 19.1. The summed E-state index contributed by atoms with van der Waals surface area (Å²) >= 11 is 0. The molecular weight excluding hydrogens is 339 g/mol. The maximum atomic E-state index is 14.1. The van der Waals surface area contributed by atoms with Gasteiger partial charge in [0, 0.05) is 0 Å². The quantitative estimate of drug-likeness (QED) is 0.825. The number of ether oxygens (including phenoxy) is 2. The second-order valence-electron chi connectivity index (χ2n) is 8.06. The summed E-state index contributed by atoms with van der Waals surface area (Å²) in [4.78, 5) is 25.0. The fourth-order valence-electron chi connectivity index (χ4n) is 2.05. The molecule has 0 aliphatic heterocycles. The lowest BCUT2D eigenvalue weighted by Crippen LogP contribution is -2.53. The summed E-state index contributed by atoms with van der Waals surface area (Å²) in [6, 6.07) is 5.37. The number of nitrogens with zero attached hydrogens (tertiary/aromatic N) is 1. The zero-order valence-electron chi connectivity index (χ0n) is 16.2. The predicted molar refractivity (Wildman–Crippen MR) is 93.7 cm³/mol. The van der Waals surface area contributed by atoms with E-state index in [-0.39, 0.29) is 11.1 Å². The van der Waals surface area contributed by atoms with Gasteiger partial charge in [0.25, 0.3) is 0 Å². The molecule has 0 saturated heterocycles. The topological polar surface area (TPSA) is 88.4 Å². The van der Waals surface area contributed by atoms with Gasteiger partial charge in [0.05, 0.1) is 5.56 Å². The maximum absolute atomic E-state index is 14.1. The van der Waals surface area contributed by atoms with Gasteiger partial charge in [-0.3, -0.25) is 0 Å². The minimum Gasteiger partial charge on any atom is -0.458 e. The van der Waals surface area contributed by atoms with E-state index >= 15 is 0 Å². The molecular formula is C19H25FN2O4. The smallest absolute Gasteiger partial charge is 0.408 e. The molecule has 26 heavy (non-hydrogen) atoms. The first-order chi connectivity index (χ1) is 11.7. The second-order valence-corrected chi connectivity index (χ2v) is 8.06. The van der Waals surface area contributed by atoms with E-state index < -0.39 is 34.6 Å². The SMILES string of the molecule is CC(C)(C)OC(=O)NC(C)(C(=O)OC(C)(C)C)c1ccc(C#N)c(F)c1. The van der Waals surface area contributed by atoms with Crippen molar-refractivity contribution in [1.29, 1.82) is 5.26 Å². The van der Waals surface area contributed by atoms with Crippen LogP contribution in [-0.4, -0.2) is 23.3 Å². The van der Waals surface area contributed by atoms with Crippen molar-refractivity contribution >= 4 is 12.1 Å². The molecule has 1 amide bonds. The predicted octanol–water partition coefficient (Wildman–Crippen LogP) is 3.78. The molecule has 142 valence electrons. The lowest BCUT2D eigenvalue weighted by Gasteiger charge is -2.33. The third kappa shape index (κ3) is 5.73. The normalized spacial score (nSPS) is 14.0. The number of esters is 1. The standard InChI is InChI=1S/C19H25FN2O4/c1-17(2,3)25-15(23)19(7,22-16(24)26-18(4,5)6)13-9-8-12(11-21)14(20)10-13/h8-10H,1-7H3,(H,22,24). The summed E-state index contributed by atoms with van der Waals surface area (Å²) in [6.07, 6.45) is -0.851. The maximum Gasteiger partial charge on any atom is 0.408 e. The summed E-state index contributed by atoms with van der Waals surface area (Å²) in [7, 11) is 0. The third-order valence-corrected chi connectivity index (χ3v) is 3.22. The number of rotatable bonds is 3. The minimum atomic E-state index is -1.70. The summed E-state index contributed by atoms with van der Waals surface area (Å²) in [5.74, 6) is -1.58. The molecule has 1 N–H and O–H groups in total. The summed E-state index contributed by atoms with van der Waals surface area (Å²) in [5.41, 5.74) is -3.34. The molecule has 0 radical (unpaired) electrons. The van der Waals surface area contributed by atoms with Crippen LogP contribution in [0.4, 0.5) is 9.18 Å². The fraction of sp³-hybridized carbons (Fsp3) is 0.526. The number of alkyl carbamates (subject to hydrolysis) is 1. The van der Waals surface area contributed by atoms with E-state index in [0.717, 1.165) is 6.07 Å². The van der Waals surface area contributed by atoms with Gasteiger partial charge in [-0.25, -0.2) is 14.0 Å². The van der Waals surface area contributed by atoms with Crippen molar-refractivity contribution in [3.05, 3.63) is 35.1 Å². The van der Waals surface area contributed by atoms with Gasteiger partial charge in [-0.15, -0.1) is 0 Å². The van der Waals surface area contributed by atoms with Gasteiger partial charge in [-0.05, 0) is 66.2 Å². The summed E-state index contributed by atoms with van der Waals surface area (Å²) in [6.45, 7) is 11.5. The van der Waals surface area contributed by atoms with Crippen molar-refractivity contribution in [3.63, 3.8) is 0 Å². The van der Waals surface area contributed by atoms with Crippen LogP contribution in [0.2, 0.25) is 0 Å². The largest absolute Gasteiger partial charge is 0.458 e. The average Bonchev–Trinajstić information content (AvgIpc) is 2.42. The van der Waals surface area contributed by atoms with E-state index in [2.05, 4.69) is 5.32 Å². The van der Waals surface area contributed by atoms with Crippen molar-refractivity contribution in [2.75, 3.05) is 0 Å². The monoisotopic (exact) mass is 364 g/mol. The Morgan fingerprint density at radius 3 is 2.00 bits per heavy atom. The Morgan fingerprint density at radius 1 is 1.04 bits per heavy atom. The van der Waals surface area contributed by atoms with E-state index in [1.807, 2.05) is 0 Å². The van der Waals surface area contributed by atoms with E-state index in [1.165, 1.54) is 19.1 Å². The molecule has 0 aromatic heterocycles. The highest BCUT2D eigenvalue weighted by molar-refractivity contribution is 5.87. The van der Waals surface area contributed by atoms with Crippen molar-refractivity contribution in [2.24, 2.45) is 0 Å². The first-order valence-electron chi connectivity index (χ1n) is 8.13. The fourth-order valence-corrected chi connectivity index (χ4v) is 2.05. The molecule has 1 aromatic rings. The first kappa shape index (κ1) is 21.4. The molecule has 6 nitrogen and oxygen atoms in total. The summed E-state index contributed by atoms with van der Waals surface area (Å²) < 4.78 is 24.7. The molecule has 1 atom stereocenters. The molecule has 0 saturated carbocycles. The Balaban J connectivity index is 3.33. The van der Waals surface area contributed by atoms with Crippen molar-refractivity contribution in [1.82, 2.24) is 5.32 Å². The third-order valence-electron chi connectivity index (χ3n) is 3.22. The molecule has 0 aliphatic rings. The van der Waals surface area contributed by atoms with E-state index in [1.54, 1.807) is 47.6 Å². The van der Waals surface area contributed by atoms with E-state index in [4.69, 9.17) is 14.7 Å². The highest BCUT2D eigenvalue weighted by Crippen LogP contribution is 2.27. The molecule has 1 rings (SSSR count). The lowest BCUT2D eigenvalue weighted by atomic mass is 9.91. The zero-order chi connectivity index (χ0) is 20.3. The Kier molecular flexibility index (Phi) is 6.03. The molecule has 0 fully saturated rings. The van der Waals surface area contributed by atoms with Gasteiger partial charge < -0.3 is 14.8 Å². The number of hydrogen-bond acceptors (Lipinski definition) is 5. The second kappa shape index (κ2) is 7.32. The number of carbonyl (C=O) groups excluding carboxylic acids is 2. The van der Waals surface area contributed by atoms with Crippen molar-refractivity contribution in [3.8, 4) is 6.07 Å². The van der Waals surface area contributed by atoms with Crippen LogP contribution < -0.4 is 5.32 Å². The van der Waals surface area contributed by atoms with E-state index in [9.17, 15) is 14.0 Å². The minimum absolute atomic E-state index is 0.133. The molecule has 0 spiro atoms. The Morgan fingerprint density at radius 2 is 1.58 bits per heavy atom. The Bertz CT molecular complexity index is 741. The Labute approximate surface area is 153 Å². The molecule has 1 aromatic carbocycles. The van der Waals surface area contributed by atoms with Crippen LogP contribution in [-0.2, 0) is 19.8 Å². The van der Waals surface area contributed by atoms with Gasteiger partial charge >= 0.3 is 12.1 Å². The number of hydrogen-bond donors (Lipinski definition) is 1. The number of nitrogens with one attached hydrogen (secondary N) is 1. The highest BCUT2D eigenvalue weighted by Gasteiger charge is 2.42. The van der Waals surface area contributed by atoms with Gasteiger partial charge in [0.2, 0.25) is 0 Å². The van der Waals surface area contributed by atoms with Crippen LogP contribution in [0.15, 0.2) is 18.2 Å². The number of nitriles is 1. The molecule has 7 heteroatoms. The zero-order valence-corrected chi connectivity index (χ0v) is 16.2. The molecule has 0 heterocycles. The van der Waals surface area contributed by atoms with Crippen LogP contribution in [0.25, 0.3) is 0 Å². The first-order valence-corrected chi connectivity index (χ1v) is 8.13. The van der Waals surface area contributed by atoms with Crippen LogP contribution in [0.1, 0.15) is 59.6 Å². The van der Waals surface area contributed by atoms with Gasteiger partial charge in [0.1, 0.15) is 23.1 Å². The number of benzene rings is 1. The van der Waals surface area contributed by atoms with Crippen molar-refractivity contribution in [2.45, 2.75) is 65.2 Å². The van der Waals surface area contributed by atoms with Crippen LogP contribution in [0, 0.1) is 17.1 Å². The lowest BCUT2D eigenvalue weighted by molar-refractivity contribution is -0.163. The number of halogens is 1. The van der Waals surface area contributed by atoms with Crippen LogP contribution in [0.5, 0.6) is 0 Å². The van der Waals surface area contributed by atoms with Crippen LogP contribution in [0.3, 0.4) is 0 Å². The average molecular weight is 364 g/mol. The molecule has 1 unspecified atom stereocenters. The molecule has 0 bridgehead atoms. The molecule has 0 aliphatic carbocycles. The summed E-state index contributed by atoms with van der Waals surface area (Å²) in [5, 5.41) is 11.3. The number of carbonyl (C=O) groups is 2. The van der Waals surface area contributed by atoms with Gasteiger partial charge in [-0.2, -0.15) is 5.26 Å². The van der Waals surface area contributed by atoms with E-state index in [0.29, 0.717) is 0 Å². The number of amides is 1. The van der Waals surface area contributed by atoms with Gasteiger partial charge in [0.15, 0.2) is 5.54 Å². The van der Waals surface area contributed by atoms with Crippen LogP contribution >= 0.6 is 0 Å².